The molecule has 2 rings (SSSR count). The second-order valence-electron chi connectivity index (χ2n) is 3.80. The summed E-state index contributed by atoms with van der Waals surface area (Å²) in [5.74, 6) is -1.86. The van der Waals surface area contributed by atoms with Gasteiger partial charge in [-0.15, -0.1) is 0 Å². The summed E-state index contributed by atoms with van der Waals surface area (Å²) >= 11 is 0. The highest BCUT2D eigenvalue weighted by atomic mass is 17.2. The average Bonchev–Trinajstić information content (AvgIpc) is 2.45. The van der Waals surface area contributed by atoms with Gasteiger partial charge in [-0.05, 0) is 36.4 Å². The highest BCUT2D eigenvalue weighted by Crippen LogP contribution is 2.20. The molecule has 0 aromatic heterocycles. The van der Waals surface area contributed by atoms with E-state index in [4.69, 9.17) is 20.0 Å². The number of hydrogen-bond donors (Lipinski definition) is 2. The number of carbonyl (C=O) groups is 2. The Bertz CT molecular complexity index is 632. The minimum atomic E-state index is -1.13. The molecule has 2 aromatic carbocycles. The number of benzene rings is 2. The van der Waals surface area contributed by atoms with Crippen LogP contribution in [0, 0.1) is 0 Å². The third-order valence-corrected chi connectivity index (χ3v) is 2.45. The van der Waals surface area contributed by atoms with Gasteiger partial charge in [0.2, 0.25) is 0 Å². The van der Waals surface area contributed by atoms with E-state index in [-0.39, 0.29) is 22.6 Å². The fourth-order valence-electron chi connectivity index (χ4n) is 1.46. The molecule has 0 spiro atoms. The maximum atomic E-state index is 11.0. The van der Waals surface area contributed by atoms with Gasteiger partial charge in [-0.3, -0.25) is 9.78 Å². The molecule has 0 saturated heterocycles. The summed E-state index contributed by atoms with van der Waals surface area (Å²) in [7, 11) is 0. The first-order valence-corrected chi connectivity index (χ1v) is 5.58. The number of hydrogen-bond acceptors (Lipinski definition) is 4. The Hall–Kier alpha value is -3.02. The van der Waals surface area contributed by atoms with Crippen molar-refractivity contribution in [3.8, 4) is 11.5 Å². The van der Waals surface area contributed by atoms with E-state index in [1.54, 1.807) is 12.1 Å². The zero-order valence-electron chi connectivity index (χ0n) is 10.1. The monoisotopic (exact) mass is 274 g/mol. The molecule has 0 aliphatic heterocycles. The highest BCUT2D eigenvalue weighted by Gasteiger charge is 2.11. The molecule has 6 nitrogen and oxygen atoms in total. The van der Waals surface area contributed by atoms with Crippen LogP contribution in [0.1, 0.15) is 20.7 Å². The molecule has 0 radical (unpaired) electrons. The third kappa shape index (κ3) is 3.05. The van der Waals surface area contributed by atoms with E-state index in [0.717, 1.165) is 0 Å². The first-order chi connectivity index (χ1) is 9.58. The number of carboxylic acids is 2. The Morgan fingerprint density at radius 2 is 1.45 bits per heavy atom. The van der Waals surface area contributed by atoms with Gasteiger partial charge in [0, 0.05) is 0 Å². The summed E-state index contributed by atoms with van der Waals surface area (Å²) in [6, 6.07) is 11.5. The van der Waals surface area contributed by atoms with Crippen molar-refractivity contribution in [3.63, 3.8) is 0 Å². The topological polar surface area (TPSA) is 93.1 Å². The minimum absolute atomic E-state index is 0.0327. The first kappa shape index (κ1) is 13.4. The normalized spacial score (nSPS) is 9.80. The predicted molar refractivity (Wildman–Crippen MR) is 68.1 cm³/mol. The molecule has 0 amide bonds. The Balaban J connectivity index is 2.09. The van der Waals surface area contributed by atoms with Crippen molar-refractivity contribution in [1.82, 2.24) is 0 Å². The zero-order chi connectivity index (χ0) is 14.5. The number of carboxylic acid groups (broad SMARTS) is 2. The molecule has 0 fully saturated rings. The zero-order valence-corrected chi connectivity index (χ0v) is 10.1. The van der Waals surface area contributed by atoms with Crippen molar-refractivity contribution in [2.75, 3.05) is 0 Å². The van der Waals surface area contributed by atoms with Crippen molar-refractivity contribution in [2.45, 2.75) is 0 Å². The van der Waals surface area contributed by atoms with E-state index in [1.165, 1.54) is 36.4 Å². The van der Waals surface area contributed by atoms with Gasteiger partial charge in [-0.1, -0.05) is 12.1 Å². The van der Waals surface area contributed by atoms with Gasteiger partial charge < -0.3 is 10.2 Å². The number of rotatable bonds is 5. The van der Waals surface area contributed by atoms with Gasteiger partial charge >= 0.3 is 11.9 Å². The quantitative estimate of drug-likeness (QED) is 0.642. The van der Waals surface area contributed by atoms with Crippen LogP contribution in [0.15, 0.2) is 48.5 Å². The molecule has 0 aliphatic carbocycles. The maximum absolute atomic E-state index is 11.0. The molecule has 0 heterocycles. The van der Waals surface area contributed by atoms with Crippen LogP contribution in [0.5, 0.6) is 11.5 Å². The van der Waals surface area contributed by atoms with Crippen LogP contribution < -0.4 is 9.78 Å². The SMILES string of the molecule is O=C(O)c1ccc(OOc2ccccc2C(=O)O)cc1. The van der Waals surface area contributed by atoms with E-state index >= 15 is 0 Å². The van der Waals surface area contributed by atoms with Crippen LogP contribution in [0.2, 0.25) is 0 Å². The van der Waals surface area contributed by atoms with Crippen LogP contribution in [-0.4, -0.2) is 22.2 Å². The predicted octanol–water partition coefficient (Wildman–Crippen LogP) is 2.46. The number of aromatic carboxylic acids is 2. The van der Waals surface area contributed by atoms with Gasteiger partial charge in [0.05, 0.1) is 5.56 Å². The molecule has 6 heteroatoms. The van der Waals surface area contributed by atoms with Gasteiger partial charge in [0.25, 0.3) is 0 Å². The molecule has 20 heavy (non-hydrogen) atoms. The lowest BCUT2D eigenvalue weighted by molar-refractivity contribution is -0.101. The van der Waals surface area contributed by atoms with Gasteiger partial charge in [0.15, 0.2) is 11.5 Å². The Labute approximate surface area is 113 Å². The summed E-state index contributed by atoms with van der Waals surface area (Å²) in [4.78, 5) is 31.5. The Morgan fingerprint density at radius 1 is 0.800 bits per heavy atom. The Morgan fingerprint density at radius 3 is 2.05 bits per heavy atom. The molecule has 102 valence electrons. The summed E-state index contributed by atoms with van der Waals surface area (Å²) in [5, 5.41) is 17.7. The first-order valence-electron chi connectivity index (χ1n) is 5.58. The third-order valence-electron chi connectivity index (χ3n) is 2.45. The molecule has 0 unspecified atom stereocenters. The van der Waals surface area contributed by atoms with Crippen molar-refractivity contribution in [2.24, 2.45) is 0 Å². The molecule has 0 saturated carbocycles. The molecule has 2 aromatic rings. The van der Waals surface area contributed by atoms with Crippen LogP contribution >= 0.6 is 0 Å². The van der Waals surface area contributed by atoms with Crippen LogP contribution in [-0.2, 0) is 0 Å². The average molecular weight is 274 g/mol. The van der Waals surface area contributed by atoms with Gasteiger partial charge in [0.1, 0.15) is 5.56 Å². The molecular formula is C14H10O6. The van der Waals surface area contributed by atoms with E-state index in [2.05, 4.69) is 0 Å². The fourth-order valence-corrected chi connectivity index (χ4v) is 1.46. The van der Waals surface area contributed by atoms with Crippen LogP contribution in [0.25, 0.3) is 0 Å². The number of para-hydroxylation sites is 1. The molecule has 2 N–H and O–H groups in total. The fraction of sp³-hybridized carbons (Fsp3) is 0. The van der Waals surface area contributed by atoms with Crippen LogP contribution in [0.4, 0.5) is 0 Å². The molecule has 0 aliphatic rings. The summed E-state index contributed by atoms with van der Waals surface area (Å²) < 4.78 is 0. The lowest BCUT2D eigenvalue weighted by Crippen LogP contribution is -2.06. The smallest absolute Gasteiger partial charge is 0.339 e. The van der Waals surface area contributed by atoms with E-state index < -0.39 is 11.9 Å². The minimum Gasteiger partial charge on any atom is -0.478 e. The van der Waals surface area contributed by atoms with Crippen molar-refractivity contribution < 1.29 is 29.6 Å². The van der Waals surface area contributed by atoms with Crippen molar-refractivity contribution >= 4 is 11.9 Å². The summed E-state index contributed by atoms with van der Waals surface area (Å²) in [6.07, 6.45) is 0. The summed E-state index contributed by atoms with van der Waals surface area (Å²) in [6.45, 7) is 0. The molecule has 0 atom stereocenters. The van der Waals surface area contributed by atoms with E-state index in [0.29, 0.717) is 0 Å². The Kier molecular flexibility index (Phi) is 3.85. The lowest BCUT2D eigenvalue weighted by Gasteiger charge is -2.07. The van der Waals surface area contributed by atoms with E-state index in [9.17, 15) is 9.59 Å². The van der Waals surface area contributed by atoms with Crippen molar-refractivity contribution in [1.29, 1.82) is 0 Å². The largest absolute Gasteiger partial charge is 0.478 e. The van der Waals surface area contributed by atoms with Gasteiger partial charge in [-0.25, -0.2) is 9.59 Å². The van der Waals surface area contributed by atoms with Crippen molar-refractivity contribution in [3.05, 3.63) is 59.7 Å². The second kappa shape index (κ2) is 5.75. The maximum Gasteiger partial charge on any atom is 0.339 e. The van der Waals surface area contributed by atoms with E-state index in [1.807, 2.05) is 0 Å². The standard InChI is InChI=1S/C14H10O6/c15-13(16)9-5-7-10(8-6-9)19-20-12-4-2-1-3-11(12)14(17)18/h1-8H,(H,15,16)(H,17,18). The lowest BCUT2D eigenvalue weighted by atomic mass is 10.2. The highest BCUT2D eigenvalue weighted by molar-refractivity contribution is 5.90. The molecular weight excluding hydrogens is 264 g/mol. The van der Waals surface area contributed by atoms with Gasteiger partial charge in [-0.2, -0.15) is 0 Å². The second-order valence-corrected chi connectivity index (χ2v) is 3.80. The summed E-state index contributed by atoms with van der Waals surface area (Å²) in [5.41, 5.74) is 0.0814. The molecule has 0 bridgehead atoms. The van der Waals surface area contributed by atoms with Crippen LogP contribution in [0.3, 0.4) is 0 Å².